The summed E-state index contributed by atoms with van der Waals surface area (Å²) >= 11 is 0. The first-order valence-corrected chi connectivity index (χ1v) is 4.32. The van der Waals surface area contributed by atoms with Gasteiger partial charge in [-0.05, 0) is 6.07 Å². The lowest BCUT2D eigenvalue weighted by Crippen LogP contribution is -2.33. The standard InChI is InChI=1S/C9H7F2NO3.CH4/c10-6-1-5-2-7(12(13)14)4-15-9(5)8(11)3-6;/h1,3,7H,2,4H2;1H4. The summed E-state index contributed by atoms with van der Waals surface area (Å²) in [5, 5.41) is 10.5. The molecule has 0 amide bonds. The second-order valence-corrected chi connectivity index (χ2v) is 3.33. The van der Waals surface area contributed by atoms with Gasteiger partial charge in [-0.25, -0.2) is 8.78 Å². The van der Waals surface area contributed by atoms with Crippen LogP contribution < -0.4 is 4.74 Å². The third-order valence-corrected chi connectivity index (χ3v) is 2.26. The highest BCUT2D eigenvalue weighted by molar-refractivity contribution is 5.37. The van der Waals surface area contributed by atoms with Gasteiger partial charge in [0.2, 0.25) is 0 Å². The third kappa shape index (κ3) is 2.10. The van der Waals surface area contributed by atoms with Crippen LogP contribution in [0.5, 0.6) is 5.75 Å². The highest BCUT2D eigenvalue weighted by atomic mass is 19.1. The van der Waals surface area contributed by atoms with E-state index >= 15 is 0 Å². The molecule has 1 unspecified atom stereocenters. The van der Waals surface area contributed by atoms with E-state index in [2.05, 4.69) is 0 Å². The second kappa shape index (κ2) is 4.42. The second-order valence-electron chi connectivity index (χ2n) is 3.33. The van der Waals surface area contributed by atoms with Crippen molar-refractivity contribution in [3.8, 4) is 5.75 Å². The number of halogens is 2. The fourth-order valence-electron chi connectivity index (χ4n) is 1.55. The zero-order valence-electron chi connectivity index (χ0n) is 7.57. The van der Waals surface area contributed by atoms with E-state index in [1.165, 1.54) is 0 Å². The van der Waals surface area contributed by atoms with Crippen molar-refractivity contribution in [1.29, 1.82) is 0 Å². The Labute approximate surface area is 91.0 Å². The van der Waals surface area contributed by atoms with Gasteiger partial charge in [-0.15, -0.1) is 0 Å². The van der Waals surface area contributed by atoms with E-state index in [0.29, 0.717) is 6.07 Å². The molecule has 1 aromatic rings. The predicted molar refractivity (Wildman–Crippen MR) is 53.1 cm³/mol. The fraction of sp³-hybridized carbons (Fsp3) is 0.400. The van der Waals surface area contributed by atoms with Gasteiger partial charge in [0.05, 0.1) is 0 Å². The Kier molecular flexibility index (Phi) is 3.41. The van der Waals surface area contributed by atoms with Crippen LogP contribution in [0.3, 0.4) is 0 Å². The number of benzene rings is 1. The quantitative estimate of drug-likeness (QED) is 0.549. The van der Waals surface area contributed by atoms with Crippen molar-refractivity contribution in [1.82, 2.24) is 0 Å². The predicted octanol–water partition coefficient (Wildman–Crippen LogP) is 2.18. The lowest BCUT2D eigenvalue weighted by Gasteiger charge is -2.20. The molecule has 0 aromatic heterocycles. The van der Waals surface area contributed by atoms with Crippen molar-refractivity contribution in [3.05, 3.63) is 39.4 Å². The fourth-order valence-corrected chi connectivity index (χ4v) is 1.55. The van der Waals surface area contributed by atoms with E-state index in [4.69, 9.17) is 4.74 Å². The number of ether oxygens (including phenoxy) is 1. The van der Waals surface area contributed by atoms with E-state index in [1.54, 1.807) is 0 Å². The van der Waals surface area contributed by atoms with Crippen molar-refractivity contribution >= 4 is 0 Å². The van der Waals surface area contributed by atoms with Gasteiger partial charge < -0.3 is 4.74 Å². The molecule has 1 aliphatic rings. The van der Waals surface area contributed by atoms with Crippen LogP contribution in [0.1, 0.15) is 13.0 Å². The summed E-state index contributed by atoms with van der Waals surface area (Å²) in [4.78, 5) is 9.96. The molecule has 0 bridgehead atoms. The zero-order valence-corrected chi connectivity index (χ0v) is 7.57. The molecule has 1 heterocycles. The van der Waals surface area contributed by atoms with Crippen molar-refractivity contribution in [2.24, 2.45) is 0 Å². The number of nitro groups is 1. The molecule has 88 valence electrons. The maximum Gasteiger partial charge on any atom is 0.250 e. The van der Waals surface area contributed by atoms with Gasteiger partial charge in [-0.1, -0.05) is 7.43 Å². The molecular weight excluding hydrogens is 220 g/mol. The number of hydrogen-bond donors (Lipinski definition) is 0. The Morgan fingerprint density at radius 1 is 1.44 bits per heavy atom. The minimum absolute atomic E-state index is 0. The molecule has 0 N–H and O–H groups in total. The summed E-state index contributed by atoms with van der Waals surface area (Å²) in [5.74, 6) is -1.64. The van der Waals surface area contributed by atoms with Gasteiger partial charge in [0.1, 0.15) is 5.82 Å². The molecule has 0 spiro atoms. The van der Waals surface area contributed by atoms with Crippen LogP contribution in [0.2, 0.25) is 0 Å². The summed E-state index contributed by atoms with van der Waals surface area (Å²) < 4.78 is 30.8. The normalized spacial score (nSPS) is 18.0. The minimum atomic E-state index is -0.932. The summed E-state index contributed by atoms with van der Waals surface area (Å²) in [6.45, 7) is -0.178. The maximum atomic E-state index is 13.1. The first-order chi connectivity index (χ1) is 7.08. The average molecular weight is 231 g/mol. The Hall–Kier alpha value is -1.72. The van der Waals surface area contributed by atoms with E-state index in [-0.39, 0.29) is 31.8 Å². The third-order valence-electron chi connectivity index (χ3n) is 2.26. The molecule has 1 atom stereocenters. The van der Waals surface area contributed by atoms with Crippen LogP contribution in [0.15, 0.2) is 12.1 Å². The Morgan fingerprint density at radius 3 is 2.75 bits per heavy atom. The molecular formula is C10H11F2NO3. The maximum absolute atomic E-state index is 13.1. The molecule has 6 heteroatoms. The Morgan fingerprint density at radius 2 is 2.12 bits per heavy atom. The van der Waals surface area contributed by atoms with Gasteiger partial charge in [-0.2, -0.15) is 0 Å². The molecule has 2 rings (SSSR count). The Balaban J connectivity index is 0.00000128. The largest absolute Gasteiger partial charge is 0.483 e. The van der Waals surface area contributed by atoms with Crippen LogP contribution in [0.4, 0.5) is 8.78 Å². The van der Waals surface area contributed by atoms with Crippen LogP contribution in [-0.2, 0) is 6.42 Å². The number of fused-ring (bicyclic) bond motifs is 1. The number of rotatable bonds is 1. The molecule has 0 saturated carbocycles. The molecule has 0 aliphatic carbocycles. The van der Waals surface area contributed by atoms with E-state index in [9.17, 15) is 18.9 Å². The summed E-state index contributed by atoms with van der Waals surface area (Å²) in [6.07, 6.45) is -0.00296. The first-order valence-electron chi connectivity index (χ1n) is 4.32. The highest BCUT2D eigenvalue weighted by Crippen LogP contribution is 2.29. The van der Waals surface area contributed by atoms with Gasteiger partial charge >= 0.3 is 0 Å². The van der Waals surface area contributed by atoms with Crippen molar-refractivity contribution in [2.45, 2.75) is 19.9 Å². The molecule has 0 saturated heterocycles. The SMILES string of the molecule is C.O=[N+]([O-])C1COc2c(F)cc(F)cc2C1. The lowest BCUT2D eigenvalue weighted by molar-refractivity contribution is -0.525. The van der Waals surface area contributed by atoms with Crippen molar-refractivity contribution in [2.75, 3.05) is 6.61 Å². The van der Waals surface area contributed by atoms with E-state index < -0.39 is 22.6 Å². The minimum Gasteiger partial charge on any atom is -0.483 e. The average Bonchev–Trinajstić information content (AvgIpc) is 2.16. The van der Waals surface area contributed by atoms with Crippen molar-refractivity contribution in [3.63, 3.8) is 0 Å². The lowest BCUT2D eigenvalue weighted by atomic mass is 10.0. The molecule has 4 nitrogen and oxygen atoms in total. The molecule has 0 radical (unpaired) electrons. The summed E-state index contributed by atoms with van der Waals surface area (Å²) in [7, 11) is 0. The summed E-state index contributed by atoms with van der Waals surface area (Å²) in [5.41, 5.74) is 0.209. The monoisotopic (exact) mass is 231 g/mol. The molecule has 1 aromatic carbocycles. The van der Waals surface area contributed by atoms with Gasteiger partial charge in [0.25, 0.3) is 6.04 Å². The van der Waals surface area contributed by atoms with Crippen LogP contribution in [0.25, 0.3) is 0 Å². The van der Waals surface area contributed by atoms with Crippen LogP contribution >= 0.6 is 0 Å². The topological polar surface area (TPSA) is 52.4 Å². The van der Waals surface area contributed by atoms with Crippen molar-refractivity contribution < 1.29 is 18.4 Å². The highest BCUT2D eigenvalue weighted by Gasteiger charge is 2.30. The Bertz CT molecular complexity index is 423. The van der Waals surface area contributed by atoms with E-state index in [1.807, 2.05) is 0 Å². The zero-order chi connectivity index (χ0) is 11.0. The summed E-state index contributed by atoms with van der Waals surface area (Å²) in [6, 6.07) is 0.832. The smallest absolute Gasteiger partial charge is 0.250 e. The van der Waals surface area contributed by atoms with Gasteiger partial charge in [-0.3, -0.25) is 10.1 Å². The van der Waals surface area contributed by atoms with Crippen LogP contribution in [0, 0.1) is 21.7 Å². The molecule has 16 heavy (non-hydrogen) atoms. The number of nitrogens with zero attached hydrogens (tertiary/aromatic N) is 1. The van der Waals surface area contributed by atoms with E-state index in [0.717, 1.165) is 6.07 Å². The van der Waals surface area contributed by atoms with Gasteiger partial charge in [0, 0.05) is 23.0 Å². The number of hydrogen-bond acceptors (Lipinski definition) is 3. The first kappa shape index (κ1) is 12.4. The molecule has 0 fully saturated rings. The van der Waals surface area contributed by atoms with Crippen LogP contribution in [-0.4, -0.2) is 17.6 Å². The molecule has 1 aliphatic heterocycles. The van der Waals surface area contributed by atoms with Gasteiger partial charge in [0.15, 0.2) is 18.2 Å².